The Kier molecular flexibility index (Phi) is 6.62. The molecule has 0 amide bonds. The average Bonchev–Trinajstić information content (AvgIpc) is 2.16. The minimum Gasteiger partial charge on any atom is -0.298 e. The Morgan fingerprint density at radius 1 is 1.31 bits per heavy atom. The maximum atomic E-state index is 9.29. The van der Waals surface area contributed by atoms with E-state index in [1.807, 2.05) is 6.92 Å². The second-order valence-electron chi connectivity index (χ2n) is 5.31. The normalized spacial score (nSPS) is 15.5. The highest BCUT2D eigenvalue weighted by atomic mass is 15.2. The van der Waals surface area contributed by atoms with Crippen LogP contribution in [0.2, 0.25) is 0 Å². The molecule has 1 N–H and O–H groups in total. The van der Waals surface area contributed by atoms with E-state index in [-0.39, 0.29) is 0 Å². The third-order valence-corrected chi connectivity index (χ3v) is 2.61. The molecule has 0 aliphatic carbocycles. The van der Waals surface area contributed by atoms with Crippen molar-refractivity contribution in [3.05, 3.63) is 0 Å². The lowest BCUT2D eigenvalue weighted by atomic mass is 10.0. The summed E-state index contributed by atoms with van der Waals surface area (Å²) < 4.78 is 0. The molecule has 0 aliphatic rings. The molecular formula is C13H27N3. The summed E-state index contributed by atoms with van der Waals surface area (Å²) in [5.74, 6) is 0. The van der Waals surface area contributed by atoms with Crippen LogP contribution in [0.25, 0.3) is 0 Å². The number of rotatable bonds is 7. The lowest BCUT2D eigenvalue weighted by Gasteiger charge is -2.35. The molecule has 0 bridgehead atoms. The Hall–Kier alpha value is -0.590. The molecule has 0 aliphatic heterocycles. The van der Waals surface area contributed by atoms with Crippen LogP contribution in [-0.2, 0) is 0 Å². The molecule has 94 valence electrons. The zero-order valence-corrected chi connectivity index (χ0v) is 11.7. The summed E-state index contributed by atoms with van der Waals surface area (Å²) in [5.41, 5.74) is -0.451. The minimum atomic E-state index is -0.451. The Morgan fingerprint density at radius 2 is 1.88 bits per heavy atom. The van der Waals surface area contributed by atoms with Gasteiger partial charge < -0.3 is 0 Å². The van der Waals surface area contributed by atoms with Gasteiger partial charge in [-0.1, -0.05) is 6.92 Å². The van der Waals surface area contributed by atoms with Gasteiger partial charge in [-0.05, 0) is 47.6 Å². The van der Waals surface area contributed by atoms with Crippen LogP contribution in [0.5, 0.6) is 0 Å². The van der Waals surface area contributed by atoms with Crippen LogP contribution >= 0.6 is 0 Å². The zero-order chi connectivity index (χ0) is 12.8. The predicted octanol–water partition coefficient (Wildman–Crippen LogP) is 2.39. The quantitative estimate of drug-likeness (QED) is 0.723. The summed E-state index contributed by atoms with van der Waals surface area (Å²) in [4.78, 5) is 2.36. The second kappa shape index (κ2) is 6.88. The van der Waals surface area contributed by atoms with Crippen LogP contribution in [0.3, 0.4) is 0 Å². The maximum Gasteiger partial charge on any atom is 0.116 e. The molecule has 1 atom stereocenters. The largest absolute Gasteiger partial charge is 0.298 e. The van der Waals surface area contributed by atoms with Crippen molar-refractivity contribution in [3.8, 4) is 6.07 Å². The molecule has 16 heavy (non-hydrogen) atoms. The van der Waals surface area contributed by atoms with E-state index in [2.05, 4.69) is 50.9 Å². The smallest absolute Gasteiger partial charge is 0.116 e. The van der Waals surface area contributed by atoms with Crippen LogP contribution < -0.4 is 5.32 Å². The van der Waals surface area contributed by atoms with E-state index in [0.717, 1.165) is 19.5 Å². The van der Waals surface area contributed by atoms with Gasteiger partial charge in [-0.2, -0.15) is 5.26 Å². The second-order valence-corrected chi connectivity index (χ2v) is 5.31. The maximum absolute atomic E-state index is 9.29. The molecule has 0 aromatic carbocycles. The monoisotopic (exact) mass is 225 g/mol. The Bertz CT molecular complexity index is 230. The van der Waals surface area contributed by atoms with Gasteiger partial charge in [0.15, 0.2) is 0 Å². The lowest BCUT2D eigenvalue weighted by molar-refractivity contribution is 0.175. The van der Waals surface area contributed by atoms with Crippen molar-refractivity contribution in [2.24, 2.45) is 0 Å². The molecule has 0 aromatic rings. The SMILES string of the molecule is CCCN(CC(C)(C#N)NC(C)C)C(C)C. The Morgan fingerprint density at radius 3 is 2.19 bits per heavy atom. The van der Waals surface area contributed by atoms with E-state index >= 15 is 0 Å². The topological polar surface area (TPSA) is 39.1 Å². The fraction of sp³-hybridized carbons (Fsp3) is 0.923. The minimum absolute atomic E-state index is 0.334. The summed E-state index contributed by atoms with van der Waals surface area (Å²) >= 11 is 0. The van der Waals surface area contributed by atoms with Crippen LogP contribution in [0.4, 0.5) is 0 Å². The van der Waals surface area contributed by atoms with E-state index in [1.165, 1.54) is 0 Å². The lowest BCUT2D eigenvalue weighted by Crippen LogP contribution is -2.54. The molecule has 3 heteroatoms. The van der Waals surface area contributed by atoms with Crippen molar-refractivity contribution in [1.29, 1.82) is 5.26 Å². The van der Waals surface area contributed by atoms with Crippen LogP contribution in [0.1, 0.15) is 48.0 Å². The van der Waals surface area contributed by atoms with E-state index in [0.29, 0.717) is 12.1 Å². The summed E-state index contributed by atoms with van der Waals surface area (Å²) in [6.45, 7) is 14.5. The van der Waals surface area contributed by atoms with Crippen LogP contribution in [-0.4, -0.2) is 35.6 Å². The number of nitrogens with zero attached hydrogens (tertiary/aromatic N) is 2. The molecule has 0 spiro atoms. The highest BCUT2D eigenvalue weighted by Crippen LogP contribution is 2.10. The Balaban J connectivity index is 4.54. The first-order valence-electron chi connectivity index (χ1n) is 6.27. The molecule has 3 nitrogen and oxygen atoms in total. The fourth-order valence-corrected chi connectivity index (χ4v) is 1.96. The highest BCUT2D eigenvalue weighted by Gasteiger charge is 2.28. The van der Waals surface area contributed by atoms with Crippen LogP contribution in [0, 0.1) is 11.3 Å². The van der Waals surface area contributed by atoms with Crippen LogP contribution in [0.15, 0.2) is 0 Å². The number of nitriles is 1. The van der Waals surface area contributed by atoms with Gasteiger partial charge in [-0.3, -0.25) is 10.2 Å². The van der Waals surface area contributed by atoms with Crippen molar-refractivity contribution in [2.75, 3.05) is 13.1 Å². The van der Waals surface area contributed by atoms with Gasteiger partial charge >= 0.3 is 0 Å². The van der Waals surface area contributed by atoms with Crippen molar-refractivity contribution in [2.45, 2.75) is 65.6 Å². The van der Waals surface area contributed by atoms with Gasteiger partial charge in [0.05, 0.1) is 6.07 Å². The van der Waals surface area contributed by atoms with Crippen molar-refractivity contribution in [3.63, 3.8) is 0 Å². The first-order chi connectivity index (χ1) is 7.34. The average molecular weight is 225 g/mol. The van der Waals surface area contributed by atoms with Gasteiger partial charge in [-0.25, -0.2) is 0 Å². The first-order valence-corrected chi connectivity index (χ1v) is 6.27. The third-order valence-electron chi connectivity index (χ3n) is 2.61. The highest BCUT2D eigenvalue weighted by molar-refractivity contribution is 5.06. The summed E-state index contributed by atoms with van der Waals surface area (Å²) in [6, 6.07) is 3.22. The van der Waals surface area contributed by atoms with Crippen molar-refractivity contribution in [1.82, 2.24) is 10.2 Å². The number of hydrogen-bond donors (Lipinski definition) is 1. The number of nitrogens with one attached hydrogen (secondary N) is 1. The molecule has 0 fully saturated rings. The molecule has 0 heterocycles. The van der Waals surface area contributed by atoms with E-state index in [1.54, 1.807) is 0 Å². The summed E-state index contributed by atoms with van der Waals surface area (Å²) in [7, 11) is 0. The third kappa shape index (κ3) is 5.48. The van der Waals surface area contributed by atoms with E-state index in [4.69, 9.17) is 0 Å². The van der Waals surface area contributed by atoms with E-state index in [9.17, 15) is 5.26 Å². The van der Waals surface area contributed by atoms with Gasteiger partial charge in [0.2, 0.25) is 0 Å². The van der Waals surface area contributed by atoms with Gasteiger partial charge in [-0.15, -0.1) is 0 Å². The Labute approximate surface area is 101 Å². The molecular weight excluding hydrogens is 198 g/mol. The zero-order valence-electron chi connectivity index (χ0n) is 11.7. The van der Waals surface area contributed by atoms with E-state index < -0.39 is 5.54 Å². The van der Waals surface area contributed by atoms with Gasteiger partial charge in [0.1, 0.15) is 5.54 Å². The molecule has 0 saturated heterocycles. The molecule has 0 aromatic heterocycles. The summed E-state index contributed by atoms with van der Waals surface area (Å²) in [5, 5.41) is 12.6. The van der Waals surface area contributed by atoms with Gasteiger partial charge in [0, 0.05) is 18.6 Å². The molecule has 1 unspecified atom stereocenters. The summed E-state index contributed by atoms with van der Waals surface area (Å²) in [6.07, 6.45) is 1.13. The van der Waals surface area contributed by atoms with Gasteiger partial charge in [0.25, 0.3) is 0 Å². The fourth-order valence-electron chi connectivity index (χ4n) is 1.96. The predicted molar refractivity (Wildman–Crippen MR) is 69.3 cm³/mol. The molecule has 0 saturated carbocycles. The molecule has 0 rings (SSSR count). The molecule has 0 radical (unpaired) electrons. The number of hydrogen-bond acceptors (Lipinski definition) is 3. The van der Waals surface area contributed by atoms with Crippen molar-refractivity contribution >= 4 is 0 Å². The van der Waals surface area contributed by atoms with Crippen molar-refractivity contribution < 1.29 is 0 Å². The first kappa shape index (κ1) is 15.4. The standard InChI is InChI=1S/C13H27N3/c1-7-8-16(12(4)5)10-13(6,9-14)15-11(2)3/h11-12,15H,7-8,10H2,1-6H3.